The highest BCUT2D eigenvalue weighted by Gasteiger charge is 2.22. The molecular weight excluding hydrogens is 322 g/mol. The first kappa shape index (κ1) is 18.5. The highest BCUT2D eigenvalue weighted by molar-refractivity contribution is 5.81. The highest BCUT2D eigenvalue weighted by Crippen LogP contribution is 2.05. The average molecular weight is 343 g/mol. The molecule has 0 heterocycles. The van der Waals surface area contributed by atoms with Gasteiger partial charge in [0.25, 0.3) is 0 Å². The van der Waals surface area contributed by atoms with E-state index in [0.717, 1.165) is 11.1 Å². The van der Waals surface area contributed by atoms with Gasteiger partial charge in [0, 0.05) is 13.0 Å². The van der Waals surface area contributed by atoms with Crippen LogP contribution in [0, 0.1) is 0 Å². The number of hydrogen-bond donors (Lipinski definition) is 2. The normalized spacial score (nSPS) is 11.4. The van der Waals surface area contributed by atoms with Crippen molar-refractivity contribution in [2.75, 3.05) is 6.61 Å². The SMILES string of the molecule is O=C(NC(CCO)C(=O)OCc1ccccc1)OCc1ccccc1. The summed E-state index contributed by atoms with van der Waals surface area (Å²) in [5.41, 5.74) is 1.67. The lowest BCUT2D eigenvalue weighted by Crippen LogP contribution is -2.42. The van der Waals surface area contributed by atoms with Crippen LogP contribution in [-0.2, 0) is 27.5 Å². The van der Waals surface area contributed by atoms with Crippen LogP contribution in [0.3, 0.4) is 0 Å². The Morgan fingerprint density at radius 2 is 1.40 bits per heavy atom. The van der Waals surface area contributed by atoms with Gasteiger partial charge in [-0.25, -0.2) is 9.59 Å². The molecule has 1 amide bonds. The van der Waals surface area contributed by atoms with Gasteiger partial charge < -0.3 is 19.9 Å². The molecule has 0 aliphatic rings. The number of hydrogen-bond acceptors (Lipinski definition) is 5. The van der Waals surface area contributed by atoms with Crippen molar-refractivity contribution in [3.05, 3.63) is 71.8 Å². The van der Waals surface area contributed by atoms with Gasteiger partial charge in [-0.1, -0.05) is 60.7 Å². The van der Waals surface area contributed by atoms with E-state index < -0.39 is 18.1 Å². The third-order valence-corrected chi connectivity index (χ3v) is 3.43. The first-order valence-corrected chi connectivity index (χ1v) is 7.97. The van der Waals surface area contributed by atoms with E-state index in [0.29, 0.717) is 0 Å². The first-order valence-electron chi connectivity index (χ1n) is 7.97. The fourth-order valence-electron chi connectivity index (χ4n) is 2.11. The van der Waals surface area contributed by atoms with Gasteiger partial charge in [-0.05, 0) is 11.1 Å². The fraction of sp³-hybridized carbons (Fsp3) is 0.263. The Hall–Kier alpha value is -2.86. The zero-order valence-corrected chi connectivity index (χ0v) is 13.8. The van der Waals surface area contributed by atoms with Crippen molar-refractivity contribution in [1.29, 1.82) is 0 Å². The molecule has 0 aliphatic carbocycles. The molecule has 0 radical (unpaired) electrons. The maximum Gasteiger partial charge on any atom is 0.408 e. The van der Waals surface area contributed by atoms with Crippen molar-refractivity contribution >= 4 is 12.1 Å². The van der Waals surface area contributed by atoms with E-state index >= 15 is 0 Å². The Labute approximate surface area is 146 Å². The molecule has 1 unspecified atom stereocenters. The molecule has 25 heavy (non-hydrogen) atoms. The maximum absolute atomic E-state index is 12.1. The molecule has 0 saturated heterocycles. The number of amides is 1. The molecule has 0 aromatic heterocycles. The lowest BCUT2D eigenvalue weighted by molar-refractivity contribution is -0.147. The molecule has 0 bridgehead atoms. The molecule has 6 heteroatoms. The minimum Gasteiger partial charge on any atom is -0.459 e. The van der Waals surface area contributed by atoms with Crippen LogP contribution in [0.1, 0.15) is 17.5 Å². The summed E-state index contributed by atoms with van der Waals surface area (Å²) in [7, 11) is 0. The molecular formula is C19H21NO5. The van der Waals surface area contributed by atoms with Crippen LogP contribution in [-0.4, -0.2) is 29.8 Å². The van der Waals surface area contributed by atoms with Gasteiger partial charge in [0.2, 0.25) is 0 Å². The summed E-state index contributed by atoms with van der Waals surface area (Å²) < 4.78 is 10.3. The van der Waals surface area contributed by atoms with E-state index in [1.54, 1.807) is 0 Å². The standard InChI is InChI=1S/C19H21NO5/c21-12-11-17(18(22)24-13-15-7-3-1-4-8-15)20-19(23)25-14-16-9-5-2-6-10-16/h1-10,17,21H,11-14H2,(H,20,23). The van der Waals surface area contributed by atoms with Crippen molar-refractivity contribution in [2.45, 2.75) is 25.7 Å². The minimum atomic E-state index is -0.961. The molecule has 0 aliphatic heterocycles. The van der Waals surface area contributed by atoms with Crippen LogP contribution < -0.4 is 5.32 Å². The smallest absolute Gasteiger partial charge is 0.408 e. The van der Waals surface area contributed by atoms with Gasteiger partial charge in [0.15, 0.2) is 0 Å². The summed E-state index contributed by atoms with van der Waals surface area (Å²) in [6.45, 7) is -0.0655. The summed E-state index contributed by atoms with van der Waals surface area (Å²) in [4.78, 5) is 24.0. The second-order valence-corrected chi connectivity index (χ2v) is 5.36. The van der Waals surface area contributed by atoms with Crippen molar-refractivity contribution in [2.24, 2.45) is 0 Å². The summed E-state index contributed by atoms with van der Waals surface area (Å²) in [5, 5.41) is 11.5. The van der Waals surface area contributed by atoms with Crippen molar-refractivity contribution in [3.63, 3.8) is 0 Å². The number of carbonyl (C=O) groups is 2. The summed E-state index contributed by atoms with van der Waals surface area (Å²) in [6, 6.07) is 17.4. The first-order chi connectivity index (χ1) is 12.2. The number of rotatable bonds is 8. The lowest BCUT2D eigenvalue weighted by Gasteiger charge is -2.16. The van der Waals surface area contributed by atoms with Crippen LogP contribution >= 0.6 is 0 Å². The lowest BCUT2D eigenvalue weighted by atomic mass is 10.2. The van der Waals surface area contributed by atoms with Crippen molar-refractivity contribution in [3.8, 4) is 0 Å². The summed E-state index contributed by atoms with van der Waals surface area (Å²) >= 11 is 0. The molecule has 2 N–H and O–H groups in total. The molecule has 6 nitrogen and oxygen atoms in total. The van der Waals surface area contributed by atoms with Crippen molar-refractivity contribution < 1.29 is 24.2 Å². The van der Waals surface area contributed by atoms with E-state index in [-0.39, 0.29) is 26.2 Å². The Bertz CT molecular complexity index is 660. The van der Waals surface area contributed by atoms with Crippen molar-refractivity contribution in [1.82, 2.24) is 5.32 Å². The second-order valence-electron chi connectivity index (χ2n) is 5.36. The number of aliphatic hydroxyl groups is 1. The van der Waals surface area contributed by atoms with Gasteiger partial charge >= 0.3 is 12.1 Å². The number of aliphatic hydroxyl groups excluding tert-OH is 1. The Morgan fingerprint density at radius 1 is 0.880 bits per heavy atom. The molecule has 2 rings (SSSR count). The van der Waals surface area contributed by atoms with Crippen LogP contribution in [0.15, 0.2) is 60.7 Å². The Balaban J connectivity index is 1.81. The predicted molar refractivity (Wildman–Crippen MR) is 91.5 cm³/mol. The maximum atomic E-state index is 12.1. The van der Waals surface area contributed by atoms with Crippen LogP contribution in [0.25, 0.3) is 0 Å². The van der Waals surface area contributed by atoms with Crippen LogP contribution in [0.5, 0.6) is 0 Å². The number of benzene rings is 2. The average Bonchev–Trinajstić information content (AvgIpc) is 2.66. The Kier molecular flexibility index (Phi) is 7.46. The van der Waals surface area contributed by atoms with Gasteiger partial charge in [-0.3, -0.25) is 0 Å². The zero-order chi connectivity index (χ0) is 17.9. The van der Waals surface area contributed by atoms with Gasteiger partial charge in [-0.2, -0.15) is 0 Å². The van der Waals surface area contributed by atoms with E-state index in [2.05, 4.69) is 5.32 Å². The van der Waals surface area contributed by atoms with Crippen LogP contribution in [0.2, 0.25) is 0 Å². The minimum absolute atomic E-state index is 0.0497. The number of esters is 1. The highest BCUT2D eigenvalue weighted by atomic mass is 16.6. The molecule has 2 aromatic carbocycles. The monoisotopic (exact) mass is 343 g/mol. The largest absolute Gasteiger partial charge is 0.459 e. The van der Waals surface area contributed by atoms with Gasteiger partial charge in [-0.15, -0.1) is 0 Å². The molecule has 0 fully saturated rings. The molecule has 2 aromatic rings. The fourth-order valence-corrected chi connectivity index (χ4v) is 2.11. The van der Waals surface area contributed by atoms with E-state index in [1.807, 2.05) is 60.7 Å². The zero-order valence-electron chi connectivity index (χ0n) is 13.8. The number of ether oxygens (including phenoxy) is 2. The van der Waals surface area contributed by atoms with E-state index in [9.17, 15) is 9.59 Å². The van der Waals surface area contributed by atoms with Gasteiger partial charge in [0.05, 0.1) is 0 Å². The predicted octanol–water partition coefficient (Wildman–Crippen LogP) is 2.41. The van der Waals surface area contributed by atoms with E-state index in [4.69, 9.17) is 14.6 Å². The van der Waals surface area contributed by atoms with Crippen LogP contribution in [0.4, 0.5) is 4.79 Å². The number of alkyl carbamates (subject to hydrolysis) is 1. The summed E-state index contributed by atoms with van der Waals surface area (Å²) in [6.07, 6.45) is -0.687. The Morgan fingerprint density at radius 3 is 1.92 bits per heavy atom. The molecule has 0 spiro atoms. The third-order valence-electron chi connectivity index (χ3n) is 3.43. The molecule has 0 saturated carbocycles. The summed E-state index contributed by atoms with van der Waals surface area (Å²) in [5.74, 6) is -0.616. The number of carbonyl (C=O) groups excluding carboxylic acids is 2. The second kappa shape index (κ2) is 10.1. The third kappa shape index (κ3) is 6.64. The number of nitrogens with one attached hydrogen (secondary N) is 1. The van der Waals surface area contributed by atoms with E-state index in [1.165, 1.54) is 0 Å². The quantitative estimate of drug-likeness (QED) is 0.719. The topological polar surface area (TPSA) is 84.9 Å². The molecule has 1 atom stereocenters. The van der Waals surface area contributed by atoms with Gasteiger partial charge in [0.1, 0.15) is 19.3 Å². The molecule has 132 valence electrons.